The molecule has 8 heteroatoms. The molecule has 4 rings (SSSR count). The van der Waals surface area contributed by atoms with Gasteiger partial charge in [0, 0.05) is 36.9 Å². The molecule has 3 unspecified atom stereocenters. The summed E-state index contributed by atoms with van der Waals surface area (Å²) in [5.41, 5.74) is 0.964. The average Bonchev–Trinajstić information content (AvgIpc) is 3.50. The number of amides is 1. The summed E-state index contributed by atoms with van der Waals surface area (Å²) in [7, 11) is -0.247. The van der Waals surface area contributed by atoms with Crippen LogP contribution in [0, 0.1) is 11.3 Å². The lowest BCUT2D eigenvalue weighted by molar-refractivity contribution is -0.135. The Morgan fingerprint density at radius 1 is 1.10 bits per heavy atom. The normalized spacial score (nSPS) is 25.6. The van der Waals surface area contributed by atoms with Crippen LogP contribution >= 0.6 is 11.6 Å². The Morgan fingerprint density at radius 3 is 2.40 bits per heavy atom. The van der Waals surface area contributed by atoms with Crippen LogP contribution in [-0.2, 0) is 25.3 Å². The molecule has 1 aliphatic carbocycles. The average molecular weight is 573 g/mol. The molecule has 2 fully saturated rings. The highest BCUT2D eigenvalue weighted by atomic mass is 35.5. The first-order valence-electron chi connectivity index (χ1n) is 15.2. The van der Waals surface area contributed by atoms with E-state index in [1.54, 1.807) is 6.92 Å². The van der Waals surface area contributed by atoms with Crippen LogP contribution in [0.1, 0.15) is 111 Å². The lowest BCUT2D eigenvalue weighted by atomic mass is 9.71. The number of hydrogen-bond acceptors (Lipinski definition) is 5. The number of aryl methyl sites for hydroxylation is 1. The summed E-state index contributed by atoms with van der Waals surface area (Å²) in [6, 6.07) is 6.59. The molecule has 0 bridgehead atoms. The van der Waals surface area contributed by atoms with Crippen molar-refractivity contribution in [2.75, 3.05) is 13.1 Å². The third-order valence-corrected chi connectivity index (χ3v) is 9.89. The summed E-state index contributed by atoms with van der Waals surface area (Å²) in [5.74, 6) is 0.100. The molecule has 1 N–H and O–H groups in total. The smallest absolute Gasteiger partial charge is 0.403 e. The number of rotatable bonds is 10. The van der Waals surface area contributed by atoms with Crippen molar-refractivity contribution in [2.24, 2.45) is 11.3 Å². The first kappa shape index (κ1) is 31.5. The third kappa shape index (κ3) is 6.80. The number of fused-ring (bicyclic) bond motifs is 1. The van der Waals surface area contributed by atoms with Crippen molar-refractivity contribution in [1.29, 1.82) is 0 Å². The predicted molar refractivity (Wildman–Crippen MR) is 163 cm³/mol. The van der Waals surface area contributed by atoms with Crippen LogP contribution in [0.5, 0.6) is 0 Å². The molecule has 0 saturated carbocycles. The maximum absolute atomic E-state index is 14.2. The minimum absolute atomic E-state index is 0.0689. The van der Waals surface area contributed by atoms with Gasteiger partial charge < -0.3 is 14.6 Å². The number of hydrogen-bond donors (Lipinski definition) is 1. The summed E-state index contributed by atoms with van der Waals surface area (Å²) in [6.07, 6.45) is 6.53. The fourth-order valence-electron chi connectivity index (χ4n) is 6.97. The zero-order chi connectivity index (χ0) is 29.5. The van der Waals surface area contributed by atoms with Crippen molar-refractivity contribution in [2.45, 2.75) is 129 Å². The Hall–Kier alpha value is -1.41. The standard InChI is InChI=1S/C32H50BClN2O4/c1-22(37)35-32(28(38)20-29(2,3)4,16-9-10-17-33-39-30(5,6)31(7,8)40-33)24-15-18-36(21-24)27-14-11-23-19-25(34)12-13-26(23)27/h12-13,19,24,27H,9-11,14-18,20-21H2,1-8H3,(H,35,37). The second-order valence-electron chi connectivity index (χ2n) is 14.6. The van der Waals surface area contributed by atoms with Gasteiger partial charge >= 0.3 is 7.12 Å². The molecular weight excluding hydrogens is 523 g/mol. The van der Waals surface area contributed by atoms with Crippen LogP contribution in [-0.4, -0.2) is 53.5 Å². The maximum Gasteiger partial charge on any atom is 0.457 e. The van der Waals surface area contributed by atoms with E-state index in [4.69, 9.17) is 20.9 Å². The largest absolute Gasteiger partial charge is 0.457 e. The van der Waals surface area contributed by atoms with E-state index in [9.17, 15) is 9.59 Å². The fourth-order valence-corrected chi connectivity index (χ4v) is 7.17. The van der Waals surface area contributed by atoms with Gasteiger partial charge in [0.2, 0.25) is 5.91 Å². The van der Waals surface area contributed by atoms with Gasteiger partial charge in [-0.25, -0.2) is 0 Å². The molecule has 0 radical (unpaired) electrons. The Balaban J connectivity index is 1.51. The van der Waals surface area contributed by atoms with Crippen LogP contribution < -0.4 is 5.32 Å². The number of carbonyl (C=O) groups excluding carboxylic acids is 2. The predicted octanol–water partition coefficient (Wildman–Crippen LogP) is 6.79. The monoisotopic (exact) mass is 572 g/mol. The molecule has 2 heterocycles. The summed E-state index contributed by atoms with van der Waals surface area (Å²) < 4.78 is 12.4. The van der Waals surface area contributed by atoms with Crippen LogP contribution in [0.4, 0.5) is 0 Å². The van der Waals surface area contributed by atoms with E-state index >= 15 is 0 Å². The van der Waals surface area contributed by atoms with Crippen molar-refractivity contribution >= 4 is 30.4 Å². The van der Waals surface area contributed by atoms with Gasteiger partial charge in [-0.1, -0.05) is 51.3 Å². The van der Waals surface area contributed by atoms with Gasteiger partial charge in [-0.2, -0.15) is 0 Å². The highest BCUT2D eigenvalue weighted by Gasteiger charge is 2.52. The quantitative estimate of drug-likeness (QED) is 0.247. The van der Waals surface area contributed by atoms with Crippen molar-refractivity contribution < 1.29 is 18.9 Å². The van der Waals surface area contributed by atoms with Crippen molar-refractivity contribution in [1.82, 2.24) is 10.2 Å². The van der Waals surface area contributed by atoms with Gasteiger partial charge in [0.15, 0.2) is 5.78 Å². The molecule has 1 aromatic rings. The topological polar surface area (TPSA) is 67.9 Å². The van der Waals surface area contributed by atoms with E-state index in [0.29, 0.717) is 18.9 Å². The number of likely N-dealkylation sites (tertiary alicyclic amines) is 1. The number of nitrogens with zero attached hydrogens (tertiary/aromatic N) is 1. The molecule has 2 saturated heterocycles. The van der Waals surface area contributed by atoms with Crippen molar-refractivity contribution in [3.63, 3.8) is 0 Å². The van der Waals surface area contributed by atoms with Gasteiger partial charge in [-0.3, -0.25) is 14.5 Å². The SMILES string of the molecule is CC(=O)NC(CCCCB1OC(C)(C)C(C)(C)O1)(C(=O)CC(C)(C)C)C1CCN(C2CCc3cc(Cl)ccc32)C1. The minimum atomic E-state index is -0.870. The van der Waals surface area contributed by atoms with Gasteiger partial charge in [-0.15, -0.1) is 0 Å². The number of halogens is 1. The first-order chi connectivity index (χ1) is 18.5. The fraction of sp³-hybridized carbons (Fsp3) is 0.750. The Kier molecular flexibility index (Phi) is 9.22. The molecule has 1 aromatic carbocycles. The number of nitrogens with one attached hydrogen (secondary N) is 1. The van der Waals surface area contributed by atoms with Crippen molar-refractivity contribution in [3.05, 3.63) is 34.3 Å². The van der Waals surface area contributed by atoms with E-state index in [0.717, 1.165) is 56.5 Å². The molecular formula is C32H50BClN2O4. The third-order valence-electron chi connectivity index (χ3n) is 9.66. The van der Waals surface area contributed by atoms with E-state index in [1.807, 2.05) is 6.07 Å². The summed E-state index contributed by atoms with van der Waals surface area (Å²) in [5, 5.41) is 4.04. The highest BCUT2D eigenvalue weighted by molar-refractivity contribution is 6.45. The van der Waals surface area contributed by atoms with Crippen LogP contribution in [0.25, 0.3) is 0 Å². The molecule has 0 aromatic heterocycles. The highest BCUT2D eigenvalue weighted by Crippen LogP contribution is 2.44. The lowest BCUT2D eigenvalue weighted by Crippen LogP contribution is -2.60. The maximum atomic E-state index is 14.2. The van der Waals surface area contributed by atoms with Crippen LogP contribution in [0.3, 0.4) is 0 Å². The van der Waals surface area contributed by atoms with E-state index in [-0.39, 0.29) is 41.3 Å². The zero-order valence-corrected chi connectivity index (χ0v) is 26.7. The molecule has 3 atom stereocenters. The second-order valence-corrected chi connectivity index (χ2v) is 15.1. The Labute approximate surface area is 247 Å². The van der Waals surface area contributed by atoms with Gasteiger partial charge in [0.1, 0.15) is 5.54 Å². The summed E-state index contributed by atoms with van der Waals surface area (Å²) in [4.78, 5) is 29.4. The molecule has 1 amide bonds. The first-order valence-corrected chi connectivity index (χ1v) is 15.6. The Bertz CT molecular complexity index is 1080. The minimum Gasteiger partial charge on any atom is -0.403 e. The summed E-state index contributed by atoms with van der Waals surface area (Å²) in [6.45, 7) is 17.9. The van der Waals surface area contributed by atoms with Crippen LogP contribution in [0.2, 0.25) is 11.3 Å². The molecule has 6 nitrogen and oxygen atoms in total. The molecule has 0 spiro atoms. The van der Waals surface area contributed by atoms with E-state index < -0.39 is 5.54 Å². The molecule has 2 aliphatic heterocycles. The molecule has 3 aliphatic rings. The molecule has 40 heavy (non-hydrogen) atoms. The number of Topliss-reactive ketones (excluding diaryl/α,β-unsaturated/α-hetero) is 1. The Morgan fingerprint density at radius 2 is 1.77 bits per heavy atom. The molecule has 222 valence electrons. The number of carbonyl (C=O) groups is 2. The second kappa shape index (κ2) is 11.7. The lowest BCUT2D eigenvalue weighted by Gasteiger charge is -2.40. The number of unbranched alkanes of at least 4 members (excludes halogenated alkanes) is 1. The summed E-state index contributed by atoms with van der Waals surface area (Å²) >= 11 is 6.27. The van der Waals surface area contributed by atoms with E-state index in [2.05, 4.69) is 70.8 Å². The van der Waals surface area contributed by atoms with Gasteiger partial charge in [-0.05, 0) is 94.9 Å². The zero-order valence-electron chi connectivity index (χ0n) is 26.0. The number of benzene rings is 1. The number of ketones is 1. The van der Waals surface area contributed by atoms with Gasteiger partial charge in [0.05, 0.1) is 11.2 Å². The van der Waals surface area contributed by atoms with Crippen LogP contribution in [0.15, 0.2) is 18.2 Å². The van der Waals surface area contributed by atoms with E-state index in [1.165, 1.54) is 11.1 Å². The van der Waals surface area contributed by atoms with Crippen molar-refractivity contribution in [3.8, 4) is 0 Å². The van der Waals surface area contributed by atoms with Gasteiger partial charge in [0.25, 0.3) is 0 Å².